The number of anilines is 1. The van der Waals surface area contributed by atoms with Crippen molar-refractivity contribution in [1.29, 1.82) is 0 Å². The van der Waals surface area contributed by atoms with Gasteiger partial charge in [-0.1, -0.05) is 34.1 Å². The summed E-state index contributed by atoms with van der Waals surface area (Å²) in [5, 5.41) is 4.64. The van der Waals surface area contributed by atoms with Gasteiger partial charge >= 0.3 is 0 Å². The monoisotopic (exact) mass is 340 g/mol. The quantitative estimate of drug-likeness (QED) is 0.706. The van der Waals surface area contributed by atoms with Crippen LogP contribution in [0.5, 0.6) is 0 Å². The minimum atomic E-state index is 0.767. The molecule has 3 rings (SSSR count). The van der Waals surface area contributed by atoms with Crippen molar-refractivity contribution in [1.82, 2.24) is 4.98 Å². The zero-order valence-corrected chi connectivity index (χ0v) is 13.7. The van der Waals surface area contributed by atoms with Gasteiger partial charge in [0.2, 0.25) is 0 Å². The minimum absolute atomic E-state index is 0.767. The third kappa shape index (κ3) is 2.93. The largest absolute Gasteiger partial charge is 0.381 e. The molecule has 1 heterocycles. The zero-order chi connectivity index (χ0) is 14.8. The number of aryl methyl sites for hydroxylation is 2. The molecule has 2 nitrogen and oxygen atoms in total. The molecule has 1 aromatic heterocycles. The first kappa shape index (κ1) is 14.1. The highest BCUT2D eigenvalue weighted by Gasteiger charge is 2.05. The summed E-state index contributed by atoms with van der Waals surface area (Å²) in [6.07, 6.45) is 1.84. The number of nitrogens with zero attached hydrogens (tertiary/aromatic N) is 1. The summed E-state index contributed by atoms with van der Waals surface area (Å²) in [7, 11) is 0. The molecule has 0 saturated carbocycles. The van der Waals surface area contributed by atoms with Crippen molar-refractivity contribution in [3.8, 4) is 0 Å². The van der Waals surface area contributed by atoms with Crippen molar-refractivity contribution in [2.45, 2.75) is 20.4 Å². The molecule has 3 heteroatoms. The van der Waals surface area contributed by atoms with Crippen LogP contribution in [0.4, 0.5) is 5.69 Å². The van der Waals surface area contributed by atoms with Gasteiger partial charge in [0.15, 0.2) is 0 Å². The van der Waals surface area contributed by atoms with Gasteiger partial charge < -0.3 is 5.32 Å². The highest BCUT2D eigenvalue weighted by Crippen LogP contribution is 2.26. The first-order valence-electron chi connectivity index (χ1n) is 6.98. The van der Waals surface area contributed by atoms with E-state index in [1.54, 1.807) is 0 Å². The third-order valence-corrected chi connectivity index (χ3v) is 4.48. The standard InChI is InChI=1S/C18H17BrN2/c1-12-5-7-15(10-13(12)2)21-11-14-6-8-17(19)16-4-3-9-20-18(14)16/h3-10,21H,11H2,1-2H3. The second-order valence-corrected chi connectivity index (χ2v) is 6.11. The topological polar surface area (TPSA) is 24.9 Å². The van der Waals surface area contributed by atoms with Crippen molar-refractivity contribution in [2.24, 2.45) is 0 Å². The van der Waals surface area contributed by atoms with E-state index in [0.717, 1.165) is 27.6 Å². The second-order valence-electron chi connectivity index (χ2n) is 5.26. The molecular formula is C18H17BrN2. The molecule has 0 aliphatic rings. The maximum Gasteiger partial charge on any atom is 0.0763 e. The average molecular weight is 341 g/mol. The van der Waals surface area contributed by atoms with Gasteiger partial charge in [-0.05, 0) is 54.8 Å². The number of halogens is 1. The van der Waals surface area contributed by atoms with Crippen LogP contribution in [-0.4, -0.2) is 4.98 Å². The van der Waals surface area contributed by atoms with Crippen molar-refractivity contribution in [3.05, 3.63) is 69.8 Å². The SMILES string of the molecule is Cc1ccc(NCc2ccc(Br)c3cccnc23)cc1C. The molecular weight excluding hydrogens is 324 g/mol. The van der Waals surface area contributed by atoms with Crippen LogP contribution in [0.25, 0.3) is 10.9 Å². The van der Waals surface area contributed by atoms with Gasteiger partial charge in [-0.15, -0.1) is 0 Å². The molecule has 0 unspecified atom stereocenters. The Labute approximate surface area is 133 Å². The number of hydrogen-bond donors (Lipinski definition) is 1. The van der Waals surface area contributed by atoms with E-state index < -0.39 is 0 Å². The van der Waals surface area contributed by atoms with Gasteiger partial charge in [0, 0.05) is 28.3 Å². The van der Waals surface area contributed by atoms with Gasteiger partial charge in [0.1, 0.15) is 0 Å². The van der Waals surface area contributed by atoms with E-state index in [1.165, 1.54) is 16.7 Å². The Morgan fingerprint density at radius 3 is 2.71 bits per heavy atom. The number of fused-ring (bicyclic) bond motifs is 1. The first-order valence-corrected chi connectivity index (χ1v) is 7.77. The fraction of sp³-hybridized carbons (Fsp3) is 0.167. The van der Waals surface area contributed by atoms with E-state index in [0.29, 0.717) is 0 Å². The Kier molecular flexibility index (Phi) is 3.93. The van der Waals surface area contributed by atoms with E-state index in [-0.39, 0.29) is 0 Å². The first-order chi connectivity index (χ1) is 10.1. The van der Waals surface area contributed by atoms with Crippen molar-refractivity contribution in [3.63, 3.8) is 0 Å². The molecule has 0 aliphatic heterocycles. The van der Waals surface area contributed by atoms with Gasteiger partial charge in [-0.25, -0.2) is 0 Å². The van der Waals surface area contributed by atoms with Crippen LogP contribution in [0.15, 0.2) is 53.1 Å². The molecule has 0 bridgehead atoms. The highest BCUT2D eigenvalue weighted by atomic mass is 79.9. The number of aromatic nitrogens is 1. The number of pyridine rings is 1. The van der Waals surface area contributed by atoms with E-state index in [9.17, 15) is 0 Å². The molecule has 0 fully saturated rings. The summed E-state index contributed by atoms with van der Waals surface area (Å²) in [6.45, 7) is 5.03. The molecule has 3 aromatic rings. The van der Waals surface area contributed by atoms with E-state index in [1.807, 2.05) is 12.3 Å². The van der Waals surface area contributed by atoms with E-state index >= 15 is 0 Å². The van der Waals surface area contributed by atoms with Crippen LogP contribution in [-0.2, 0) is 6.54 Å². The number of rotatable bonds is 3. The fourth-order valence-corrected chi connectivity index (χ4v) is 2.84. The molecule has 0 radical (unpaired) electrons. The second kappa shape index (κ2) is 5.86. The summed E-state index contributed by atoms with van der Waals surface area (Å²) >= 11 is 3.58. The Morgan fingerprint density at radius 2 is 1.90 bits per heavy atom. The maximum absolute atomic E-state index is 4.52. The lowest BCUT2D eigenvalue weighted by atomic mass is 10.1. The van der Waals surface area contributed by atoms with Crippen molar-refractivity contribution >= 4 is 32.5 Å². The lowest BCUT2D eigenvalue weighted by molar-refractivity contribution is 1.15. The molecule has 0 aliphatic carbocycles. The maximum atomic E-state index is 4.52. The summed E-state index contributed by atoms with van der Waals surface area (Å²) in [6, 6.07) is 14.7. The zero-order valence-electron chi connectivity index (χ0n) is 12.2. The molecule has 2 aromatic carbocycles. The van der Waals surface area contributed by atoms with Gasteiger partial charge in [0.25, 0.3) is 0 Å². The predicted molar refractivity (Wildman–Crippen MR) is 92.7 cm³/mol. The summed E-state index contributed by atoms with van der Waals surface area (Å²) in [5.41, 5.74) is 6.01. The summed E-state index contributed by atoms with van der Waals surface area (Å²) in [4.78, 5) is 4.52. The minimum Gasteiger partial charge on any atom is -0.381 e. The number of nitrogens with one attached hydrogen (secondary N) is 1. The van der Waals surface area contributed by atoms with Crippen LogP contribution >= 0.6 is 15.9 Å². The van der Waals surface area contributed by atoms with Gasteiger partial charge in [-0.3, -0.25) is 4.98 Å². The van der Waals surface area contributed by atoms with E-state index in [4.69, 9.17) is 0 Å². The Hall–Kier alpha value is -1.87. The third-order valence-electron chi connectivity index (χ3n) is 3.79. The van der Waals surface area contributed by atoms with Gasteiger partial charge in [0.05, 0.1) is 5.52 Å². The van der Waals surface area contributed by atoms with Crippen LogP contribution in [0.2, 0.25) is 0 Å². The Bertz CT molecular complexity index is 796. The molecule has 1 N–H and O–H groups in total. The summed E-state index contributed by atoms with van der Waals surface area (Å²) in [5.74, 6) is 0. The number of hydrogen-bond acceptors (Lipinski definition) is 2. The molecule has 0 amide bonds. The molecule has 21 heavy (non-hydrogen) atoms. The number of benzene rings is 2. The van der Waals surface area contributed by atoms with Crippen LogP contribution in [0, 0.1) is 13.8 Å². The fourth-order valence-electron chi connectivity index (χ4n) is 2.39. The molecule has 106 valence electrons. The Balaban J connectivity index is 1.88. The Morgan fingerprint density at radius 1 is 1.05 bits per heavy atom. The lowest BCUT2D eigenvalue weighted by Crippen LogP contribution is -2.01. The predicted octanol–water partition coefficient (Wildman–Crippen LogP) is 5.23. The lowest BCUT2D eigenvalue weighted by Gasteiger charge is -2.11. The van der Waals surface area contributed by atoms with Crippen LogP contribution in [0.1, 0.15) is 16.7 Å². The van der Waals surface area contributed by atoms with Crippen molar-refractivity contribution < 1.29 is 0 Å². The molecule has 0 saturated heterocycles. The van der Waals surface area contributed by atoms with E-state index in [2.05, 4.69) is 76.5 Å². The molecule has 0 atom stereocenters. The average Bonchev–Trinajstić information content (AvgIpc) is 2.50. The normalized spacial score (nSPS) is 10.8. The summed E-state index contributed by atoms with van der Waals surface area (Å²) < 4.78 is 1.08. The van der Waals surface area contributed by atoms with Crippen molar-refractivity contribution in [2.75, 3.05) is 5.32 Å². The van der Waals surface area contributed by atoms with Gasteiger partial charge in [-0.2, -0.15) is 0 Å². The van der Waals surface area contributed by atoms with Crippen LogP contribution in [0.3, 0.4) is 0 Å². The molecule has 0 spiro atoms. The smallest absolute Gasteiger partial charge is 0.0763 e. The highest BCUT2D eigenvalue weighted by molar-refractivity contribution is 9.10. The van der Waals surface area contributed by atoms with Crippen LogP contribution < -0.4 is 5.32 Å².